The van der Waals surface area contributed by atoms with E-state index in [-0.39, 0.29) is 53.5 Å². The van der Waals surface area contributed by atoms with E-state index in [0.717, 1.165) is 64.9 Å². The molecule has 0 radical (unpaired) electrons. The number of hydrogen-bond acceptors (Lipinski definition) is 10. The van der Waals surface area contributed by atoms with Crippen molar-refractivity contribution >= 4 is 74.1 Å². The lowest BCUT2D eigenvalue weighted by atomic mass is 9.99. The van der Waals surface area contributed by atoms with E-state index >= 15 is 0 Å². The zero-order chi connectivity index (χ0) is 49.3. The molecule has 0 aromatic heterocycles. The SMILES string of the molecule is CCC(=O)CCC(C)SSC(C)(C)CCC(=O)N(C)c1cc(COc2cc3c(cc2C)C(=O)N2c4ccccc4C[C@H]2C=N3)cc(COc2cc3c(cc2OC)C(=O)N2c4ccccc4C[C@H]2CC3)c1. The number of ether oxygens (including phenoxy) is 3. The molecule has 0 saturated heterocycles. The Morgan fingerprint density at radius 2 is 1.49 bits per heavy atom. The Hall–Kier alpha value is -6.05. The topological polar surface area (TPSA) is 118 Å². The zero-order valence-corrected chi connectivity index (χ0v) is 42.8. The van der Waals surface area contributed by atoms with Gasteiger partial charge in [0.1, 0.15) is 24.7 Å². The van der Waals surface area contributed by atoms with Crippen LogP contribution in [0.1, 0.15) is 120 Å². The standard InChI is InChI=1S/C57H62N4O7S2/c1-8-45(62)20-17-36(3)69-70-57(4,5)22-21-54(63)59(6)43-25-37(33-67-51-31-48-47(23-35(51)2)56(65)61-44(32-58-48)28-41-14-10-12-16-50(41)61)24-38(26-43)34-68-53-29-39-18-19-42-27-40-13-9-11-15-49(40)60(42)55(64)46(39)30-52(53)66-7/h9-16,23-26,29-32,36,42,44H,8,17-22,27-28,33-34H2,1-7H3/t36?,42-,44+/m1/s1. The van der Waals surface area contributed by atoms with Gasteiger partial charge in [-0.3, -0.25) is 29.1 Å². The van der Waals surface area contributed by atoms with Crippen LogP contribution in [0.5, 0.6) is 17.2 Å². The number of benzene rings is 5. The fraction of sp³-hybridized carbons (Fsp3) is 0.386. The third-order valence-electron chi connectivity index (χ3n) is 14.0. The highest BCUT2D eigenvalue weighted by Crippen LogP contribution is 2.44. The molecule has 0 aliphatic carbocycles. The largest absolute Gasteiger partial charge is 0.493 e. The monoisotopic (exact) mass is 978 g/mol. The van der Waals surface area contributed by atoms with Crippen molar-refractivity contribution in [2.75, 3.05) is 28.9 Å². The summed E-state index contributed by atoms with van der Waals surface area (Å²) in [6.45, 7) is 10.7. The van der Waals surface area contributed by atoms with Crippen molar-refractivity contribution in [2.24, 2.45) is 4.99 Å². The van der Waals surface area contributed by atoms with Crippen molar-refractivity contribution in [2.45, 2.75) is 128 Å². The second kappa shape index (κ2) is 20.7. The number of ketones is 1. The minimum atomic E-state index is -0.168. The van der Waals surface area contributed by atoms with E-state index in [0.29, 0.717) is 77.1 Å². The first-order chi connectivity index (χ1) is 33.7. The molecular formula is C57H62N4O7S2. The van der Waals surface area contributed by atoms with Gasteiger partial charge in [0, 0.05) is 83.7 Å². The maximum atomic E-state index is 14.2. The van der Waals surface area contributed by atoms with Gasteiger partial charge in [0.2, 0.25) is 5.91 Å². The molecule has 9 rings (SSSR count). The quantitative estimate of drug-likeness (QED) is 0.0791. The van der Waals surface area contributed by atoms with Gasteiger partial charge in [-0.25, -0.2) is 0 Å². The maximum absolute atomic E-state index is 14.2. The lowest BCUT2D eigenvalue weighted by molar-refractivity contribution is -0.119. The van der Waals surface area contributed by atoms with Crippen LogP contribution < -0.4 is 28.9 Å². The molecule has 0 N–H and O–H groups in total. The molecule has 4 aliphatic heterocycles. The predicted molar refractivity (Wildman–Crippen MR) is 283 cm³/mol. The van der Waals surface area contributed by atoms with E-state index < -0.39 is 0 Å². The van der Waals surface area contributed by atoms with Crippen LogP contribution in [0.25, 0.3) is 0 Å². The molecule has 13 heteroatoms. The summed E-state index contributed by atoms with van der Waals surface area (Å²) in [5.74, 6) is 1.78. The van der Waals surface area contributed by atoms with Gasteiger partial charge in [0.25, 0.3) is 11.8 Å². The van der Waals surface area contributed by atoms with Gasteiger partial charge in [0.05, 0.1) is 24.4 Å². The minimum absolute atomic E-state index is 0.0160. The average molecular weight is 979 g/mol. The summed E-state index contributed by atoms with van der Waals surface area (Å²) in [4.78, 5) is 64.5. The highest BCUT2D eigenvalue weighted by atomic mass is 33.1. The maximum Gasteiger partial charge on any atom is 0.261 e. The summed E-state index contributed by atoms with van der Waals surface area (Å²) < 4.78 is 18.8. The van der Waals surface area contributed by atoms with Crippen LogP contribution in [-0.2, 0) is 42.1 Å². The Morgan fingerprint density at radius 1 is 0.814 bits per heavy atom. The van der Waals surface area contributed by atoms with Crippen molar-refractivity contribution in [3.8, 4) is 17.2 Å². The molecule has 4 aliphatic rings. The molecule has 3 amide bonds. The first-order valence-corrected chi connectivity index (χ1v) is 26.6. The van der Waals surface area contributed by atoms with E-state index in [4.69, 9.17) is 19.2 Å². The predicted octanol–water partition coefficient (Wildman–Crippen LogP) is 12.0. The molecule has 70 heavy (non-hydrogen) atoms. The summed E-state index contributed by atoms with van der Waals surface area (Å²) in [6.07, 6.45) is 8.00. The first-order valence-electron chi connectivity index (χ1n) is 24.4. The van der Waals surface area contributed by atoms with Crippen LogP contribution in [-0.4, -0.2) is 66.0 Å². The first kappa shape index (κ1) is 49.0. The van der Waals surface area contributed by atoms with Crippen LogP contribution in [0.2, 0.25) is 0 Å². The van der Waals surface area contributed by atoms with Crippen molar-refractivity contribution in [1.82, 2.24) is 0 Å². The van der Waals surface area contributed by atoms with Crippen LogP contribution in [0.4, 0.5) is 22.7 Å². The highest BCUT2D eigenvalue weighted by Gasteiger charge is 2.39. The van der Waals surface area contributed by atoms with Gasteiger partial charge in [-0.15, -0.1) is 0 Å². The summed E-state index contributed by atoms with van der Waals surface area (Å²) in [5.41, 5.74) is 10.0. The van der Waals surface area contributed by atoms with Crippen LogP contribution >= 0.6 is 21.6 Å². The number of methoxy groups -OCH3 is 1. The summed E-state index contributed by atoms with van der Waals surface area (Å²) in [6, 6.07) is 29.5. The van der Waals surface area contributed by atoms with E-state index in [1.165, 1.54) is 5.56 Å². The Bertz CT molecular complexity index is 2880. The number of anilines is 3. The van der Waals surface area contributed by atoms with Crippen LogP contribution in [0, 0.1) is 6.92 Å². The number of fused-ring (bicyclic) bond motifs is 8. The summed E-state index contributed by atoms with van der Waals surface area (Å²) >= 11 is 0. The smallest absolute Gasteiger partial charge is 0.261 e. The molecule has 3 atom stereocenters. The molecule has 0 fully saturated rings. The number of aryl methyl sites for hydroxylation is 2. The summed E-state index contributed by atoms with van der Waals surface area (Å²) in [5, 5.41) is 0.327. The number of carbonyl (C=O) groups excluding carboxylic acids is 4. The molecule has 5 aromatic carbocycles. The zero-order valence-electron chi connectivity index (χ0n) is 41.2. The van der Waals surface area contributed by atoms with Gasteiger partial charge in [0.15, 0.2) is 11.5 Å². The van der Waals surface area contributed by atoms with Crippen molar-refractivity contribution in [3.05, 3.63) is 136 Å². The lowest BCUT2D eigenvalue weighted by Crippen LogP contribution is -2.37. The summed E-state index contributed by atoms with van der Waals surface area (Å²) in [7, 11) is 6.95. The van der Waals surface area contributed by atoms with E-state index in [1.54, 1.807) is 40.6 Å². The number of para-hydroxylation sites is 2. The normalized spacial score (nSPS) is 17.1. The van der Waals surface area contributed by atoms with Gasteiger partial charge < -0.3 is 24.0 Å². The molecule has 364 valence electrons. The van der Waals surface area contributed by atoms with Gasteiger partial charge in [-0.2, -0.15) is 0 Å². The van der Waals surface area contributed by atoms with Crippen molar-refractivity contribution in [3.63, 3.8) is 0 Å². The average Bonchev–Trinajstić information content (AvgIpc) is 3.86. The Kier molecular flexibility index (Phi) is 14.5. The molecule has 0 spiro atoms. The fourth-order valence-corrected chi connectivity index (χ4v) is 12.5. The molecule has 0 saturated carbocycles. The number of amides is 3. The molecule has 11 nitrogen and oxygen atoms in total. The second-order valence-corrected chi connectivity index (χ2v) is 22.9. The number of carbonyl (C=O) groups is 4. The Labute approximate surface area is 419 Å². The Balaban J connectivity index is 0.943. The molecule has 1 unspecified atom stereocenters. The number of aliphatic imine (C=N–C) groups is 1. The van der Waals surface area contributed by atoms with E-state index in [9.17, 15) is 19.2 Å². The van der Waals surface area contributed by atoms with Crippen molar-refractivity contribution in [1.29, 1.82) is 0 Å². The lowest BCUT2D eigenvalue weighted by Gasteiger charge is -2.26. The third kappa shape index (κ3) is 10.4. The van der Waals surface area contributed by atoms with E-state index in [1.807, 2.05) is 109 Å². The number of Topliss-reactive ketones (excluding diaryl/α,β-unsaturated/α-hetero) is 1. The molecular weight excluding hydrogens is 917 g/mol. The molecule has 5 aromatic rings. The van der Waals surface area contributed by atoms with E-state index in [2.05, 4.69) is 32.9 Å². The fourth-order valence-electron chi connectivity index (χ4n) is 9.89. The Morgan fingerprint density at radius 3 is 2.20 bits per heavy atom. The second-order valence-electron chi connectivity index (χ2n) is 19.6. The number of rotatable bonds is 18. The third-order valence-corrected chi connectivity index (χ3v) is 17.9. The van der Waals surface area contributed by atoms with Gasteiger partial charge in [-0.1, -0.05) is 71.8 Å². The van der Waals surface area contributed by atoms with Gasteiger partial charge in [-0.05, 0) is 135 Å². The molecule has 4 heterocycles. The minimum Gasteiger partial charge on any atom is -0.493 e. The van der Waals surface area contributed by atoms with Gasteiger partial charge >= 0.3 is 0 Å². The molecule has 0 bridgehead atoms. The number of nitrogens with zero attached hydrogens (tertiary/aromatic N) is 4. The van der Waals surface area contributed by atoms with Crippen LogP contribution in [0.15, 0.2) is 96.0 Å². The van der Waals surface area contributed by atoms with Crippen LogP contribution in [0.3, 0.4) is 0 Å². The number of hydrogen-bond donors (Lipinski definition) is 0. The van der Waals surface area contributed by atoms with Crippen molar-refractivity contribution < 1.29 is 33.4 Å². The highest BCUT2D eigenvalue weighted by molar-refractivity contribution is 8.77.